The normalized spacial score (nSPS) is 14.8. The summed E-state index contributed by atoms with van der Waals surface area (Å²) in [4.78, 5) is 0. The number of benzene rings is 1. The second-order valence-electron chi connectivity index (χ2n) is 3.04. The molecule has 0 unspecified atom stereocenters. The maximum atomic E-state index is 12.4. The first-order valence-corrected chi connectivity index (χ1v) is 3.98. The van der Waals surface area contributed by atoms with Crippen LogP contribution in [0.15, 0.2) is 18.2 Å². The summed E-state index contributed by atoms with van der Waals surface area (Å²) in [7, 11) is 0. The molecular formula is C9H9ClF3N. The highest BCUT2D eigenvalue weighted by Gasteiger charge is 2.34. The maximum absolute atomic E-state index is 12.4. The number of alkyl halides is 3. The van der Waals surface area contributed by atoms with Crippen LogP contribution in [0.5, 0.6) is 0 Å². The molecule has 1 aromatic carbocycles. The molecule has 0 aliphatic carbocycles. The van der Waals surface area contributed by atoms with Crippen molar-refractivity contribution in [3.63, 3.8) is 0 Å². The predicted molar refractivity (Wildman–Crippen MR) is 49.2 cm³/mol. The van der Waals surface area contributed by atoms with Gasteiger partial charge in [-0.3, -0.25) is 0 Å². The Hall–Kier alpha value is -0.740. The molecule has 1 aromatic rings. The highest BCUT2D eigenvalue weighted by molar-refractivity contribution is 5.85. The smallest absolute Gasteiger partial charge is 0.309 e. The molecule has 78 valence electrons. The van der Waals surface area contributed by atoms with Gasteiger partial charge in [-0.1, -0.05) is 12.1 Å². The van der Waals surface area contributed by atoms with Gasteiger partial charge in [0.2, 0.25) is 0 Å². The van der Waals surface area contributed by atoms with E-state index in [2.05, 4.69) is 5.32 Å². The Morgan fingerprint density at radius 2 is 1.86 bits per heavy atom. The van der Waals surface area contributed by atoms with Crippen LogP contribution in [0.25, 0.3) is 0 Å². The van der Waals surface area contributed by atoms with E-state index in [1.165, 1.54) is 6.07 Å². The summed E-state index contributed by atoms with van der Waals surface area (Å²) in [5.74, 6) is 0. The number of nitrogens with one attached hydrogen (secondary N) is 1. The van der Waals surface area contributed by atoms with Gasteiger partial charge in [-0.25, -0.2) is 0 Å². The van der Waals surface area contributed by atoms with Crippen LogP contribution in [0.3, 0.4) is 0 Å². The fraction of sp³-hybridized carbons (Fsp3) is 0.333. The minimum atomic E-state index is -4.22. The molecule has 0 amide bonds. The molecule has 0 saturated carbocycles. The minimum absolute atomic E-state index is 0. The molecule has 1 N–H and O–H groups in total. The van der Waals surface area contributed by atoms with Gasteiger partial charge >= 0.3 is 6.18 Å². The highest BCUT2D eigenvalue weighted by atomic mass is 35.5. The monoisotopic (exact) mass is 223 g/mol. The molecule has 2 rings (SSSR count). The average Bonchev–Trinajstić information content (AvgIpc) is 2.48. The van der Waals surface area contributed by atoms with E-state index in [1.807, 2.05) is 0 Å². The van der Waals surface area contributed by atoms with E-state index in [1.54, 1.807) is 6.07 Å². The molecule has 0 aromatic heterocycles. The maximum Gasteiger partial charge on any atom is 0.416 e. The fourth-order valence-corrected chi connectivity index (χ4v) is 1.60. The number of hydrogen-bond donors (Lipinski definition) is 1. The molecule has 1 aliphatic heterocycles. The van der Waals surface area contributed by atoms with Gasteiger partial charge in [-0.05, 0) is 17.2 Å². The van der Waals surface area contributed by atoms with Gasteiger partial charge in [0.15, 0.2) is 0 Å². The van der Waals surface area contributed by atoms with E-state index in [0.29, 0.717) is 18.7 Å². The second-order valence-corrected chi connectivity index (χ2v) is 3.04. The summed E-state index contributed by atoms with van der Waals surface area (Å²) in [6.45, 7) is 0.865. The zero-order chi connectivity index (χ0) is 9.47. The van der Waals surface area contributed by atoms with Crippen LogP contribution in [-0.2, 0) is 19.3 Å². The van der Waals surface area contributed by atoms with Gasteiger partial charge in [0.1, 0.15) is 0 Å². The van der Waals surface area contributed by atoms with Crippen molar-refractivity contribution >= 4 is 12.4 Å². The zero-order valence-corrected chi connectivity index (χ0v) is 8.00. The molecule has 0 atom stereocenters. The summed E-state index contributed by atoms with van der Waals surface area (Å²) < 4.78 is 37.2. The molecule has 1 nitrogen and oxygen atoms in total. The Bertz CT molecular complexity index is 335. The van der Waals surface area contributed by atoms with Crippen molar-refractivity contribution < 1.29 is 13.2 Å². The van der Waals surface area contributed by atoms with Crippen LogP contribution in [0.2, 0.25) is 0 Å². The van der Waals surface area contributed by atoms with Crippen molar-refractivity contribution in [3.05, 3.63) is 34.9 Å². The molecule has 0 fully saturated rings. The van der Waals surface area contributed by atoms with Gasteiger partial charge in [0.05, 0.1) is 5.56 Å². The third-order valence-electron chi connectivity index (χ3n) is 2.20. The van der Waals surface area contributed by atoms with Crippen molar-refractivity contribution in [3.8, 4) is 0 Å². The average molecular weight is 224 g/mol. The molecule has 1 aliphatic rings. The quantitative estimate of drug-likeness (QED) is 0.713. The first kappa shape index (κ1) is 11.3. The Morgan fingerprint density at radius 3 is 2.50 bits per heavy atom. The van der Waals surface area contributed by atoms with Gasteiger partial charge in [-0.15, -0.1) is 12.4 Å². The van der Waals surface area contributed by atoms with Gasteiger partial charge in [-0.2, -0.15) is 13.2 Å². The lowest BCUT2D eigenvalue weighted by Gasteiger charge is -2.10. The van der Waals surface area contributed by atoms with Crippen LogP contribution in [0.1, 0.15) is 16.7 Å². The van der Waals surface area contributed by atoms with Gasteiger partial charge in [0.25, 0.3) is 0 Å². The van der Waals surface area contributed by atoms with Crippen molar-refractivity contribution in [2.24, 2.45) is 0 Å². The van der Waals surface area contributed by atoms with E-state index in [9.17, 15) is 13.2 Å². The molecule has 0 spiro atoms. The molecule has 0 radical (unpaired) electrons. The van der Waals surface area contributed by atoms with E-state index in [4.69, 9.17) is 0 Å². The van der Waals surface area contributed by atoms with Crippen LogP contribution in [-0.4, -0.2) is 0 Å². The highest BCUT2D eigenvalue weighted by Crippen LogP contribution is 2.34. The first-order chi connectivity index (χ1) is 6.09. The first-order valence-electron chi connectivity index (χ1n) is 3.98. The van der Waals surface area contributed by atoms with Gasteiger partial charge in [0, 0.05) is 13.1 Å². The standard InChI is InChI=1S/C9H8F3N.ClH/c10-9(11,12)8-3-1-2-6-4-13-5-7(6)8;/h1-3,13H,4-5H2;1H. The molecule has 5 heteroatoms. The third kappa shape index (κ3) is 1.86. The lowest BCUT2D eigenvalue weighted by Crippen LogP contribution is -2.09. The number of hydrogen-bond acceptors (Lipinski definition) is 1. The Balaban J connectivity index is 0.000000980. The molecule has 0 saturated heterocycles. The van der Waals surface area contributed by atoms with Crippen molar-refractivity contribution in [2.45, 2.75) is 19.3 Å². The van der Waals surface area contributed by atoms with E-state index in [0.717, 1.165) is 11.6 Å². The summed E-state index contributed by atoms with van der Waals surface area (Å²) >= 11 is 0. The van der Waals surface area contributed by atoms with E-state index in [-0.39, 0.29) is 12.4 Å². The van der Waals surface area contributed by atoms with Crippen LogP contribution < -0.4 is 5.32 Å². The summed E-state index contributed by atoms with van der Waals surface area (Å²) in [6, 6.07) is 4.31. The second kappa shape index (κ2) is 3.79. The number of rotatable bonds is 0. The zero-order valence-electron chi connectivity index (χ0n) is 7.19. The molecule has 14 heavy (non-hydrogen) atoms. The Morgan fingerprint density at radius 1 is 1.14 bits per heavy atom. The number of halogens is 4. The summed E-state index contributed by atoms with van der Waals surface area (Å²) in [5, 5.41) is 2.90. The predicted octanol–water partition coefficient (Wildman–Crippen LogP) is 2.73. The summed E-state index contributed by atoms with van der Waals surface area (Å²) in [6.07, 6.45) is -4.22. The minimum Gasteiger partial charge on any atom is -0.309 e. The van der Waals surface area contributed by atoms with E-state index < -0.39 is 11.7 Å². The van der Waals surface area contributed by atoms with E-state index >= 15 is 0 Å². The molecular weight excluding hydrogens is 215 g/mol. The number of fused-ring (bicyclic) bond motifs is 1. The van der Waals surface area contributed by atoms with Crippen LogP contribution >= 0.6 is 12.4 Å². The fourth-order valence-electron chi connectivity index (χ4n) is 1.60. The lowest BCUT2D eigenvalue weighted by atomic mass is 10.0. The lowest BCUT2D eigenvalue weighted by molar-refractivity contribution is -0.138. The topological polar surface area (TPSA) is 12.0 Å². The van der Waals surface area contributed by atoms with Crippen molar-refractivity contribution in [1.82, 2.24) is 5.32 Å². The van der Waals surface area contributed by atoms with Crippen molar-refractivity contribution in [2.75, 3.05) is 0 Å². The van der Waals surface area contributed by atoms with Gasteiger partial charge < -0.3 is 5.32 Å². The third-order valence-corrected chi connectivity index (χ3v) is 2.20. The van der Waals surface area contributed by atoms with Crippen LogP contribution in [0, 0.1) is 0 Å². The molecule has 0 bridgehead atoms. The molecule has 1 heterocycles. The summed E-state index contributed by atoms with van der Waals surface area (Å²) in [5.41, 5.74) is 0.653. The van der Waals surface area contributed by atoms with Crippen LogP contribution in [0.4, 0.5) is 13.2 Å². The SMILES string of the molecule is Cl.FC(F)(F)c1cccc2c1CNC2. The largest absolute Gasteiger partial charge is 0.416 e. The Labute approximate surface area is 85.7 Å². The Kier molecular flexibility index (Phi) is 3.07. The van der Waals surface area contributed by atoms with Crippen molar-refractivity contribution in [1.29, 1.82) is 0 Å².